The van der Waals surface area contributed by atoms with Crippen molar-refractivity contribution in [3.05, 3.63) is 54.4 Å². The van der Waals surface area contributed by atoms with Crippen LogP contribution in [0.25, 0.3) is 11.5 Å². The van der Waals surface area contributed by atoms with Gasteiger partial charge in [0.05, 0.1) is 5.69 Å². The van der Waals surface area contributed by atoms with Crippen molar-refractivity contribution in [1.82, 2.24) is 9.78 Å². The molecule has 0 fully saturated rings. The lowest BCUT2D eigenvalue weighted by Gasteiger charge is -2.02. The number of allylic oxidation sites excluding steroid dienone is 1. The van der Waals surface area contributed by atoms with Crippen LogP contribution in [0.5, 0.6) is 0 Å². The Kier molecular flexibility index (Phi) is 2.63. The molecule has 0 aliphatic rings. The SMILES string of the molecule is C/C=C(/F)c1ccc(-n2cccn2)cc1. The fourth-order valence-electron chi connectivity index (χ4n) is 1.36. The molecule has 0 saturated heterocycles. The molecule has 0 N–H and O–H groups in total. The van der Waals surface area contributed by atoms with Crippen molar-refractivity contribution in [3.63, 3.8) is 0 Å². The van der Waals surface area contributed by atoms with E-state index in [0.29, 0.717) is 5.56 Å². The summed E-state index contributed by atoms with van der Waals surface area (Å²) in [6.45, 7) is 1.68. The van der Waals surface area contributed by atoms with Gasteiger partial charge in [-0.15, -0.1) is 0 Å². The van der Waals surface area contributed by atoms with E-state index in [0.717, 1.165) is 5.69 Å². The minimum absolute atomic E-state index is 0.206. The van der Waals surface area contributed by atoms with Gasteiger partial charge < -0.3 is 0 Å². The lowest BCUT2D eigenvalue weighted by molar-refractivity contribution is 0.758. The van der Waals surface area contributed by atoms with Crippen molar-refractivity contribution < 1.29 is 4.39 Å². The molecule has 0 amide bonds. The van der Waals surface area contributed by atoms with Crippen LogP contribution < -0.4 is 0 Å². The second-order valence-electron chi connectivity index (χ2n) is 3.13. The van der Waals surface area contributed by atoms with Crippen LogP contribution in [0.1, 0.15) is 12.5 Å². The monoisotopic (exact) mass is 202 g/mol. The molecule has 1 aromatic heterocycles. The first kappa shape index (κ1) is 9.65. The number of hydrogen-bond donors (Lipinski definition) is 0. The van der Waals surface area contributed by atoms with Crippen molar-refractivity contribution in [2.24, 2.45) is 0 Å². The highest BCUT2D eigenvalue weighted by Gasteiger charge is 1.99. The molecule has 0 spiro atoms. The topological polar surface area (TPSA) is 17.8 Å². The predicted octanol–water partition coefficient (Wildman–Crippen LogP) is 3.20. The Balaban J connectivity index is 2.33. The van der Waals surface area contributed by atoms with Crippen molar-refractivity contribution in [1.29, 1.82) is 0 Å². The molecule has 76 valence electrons. The lowest BCUT2D eigenvalue weighted by Crippen LogP contribution is -1.93. The number of rotatable bonds is 2. The van der Waals surface area contributed by atoms with Crippen LogP contribution in [0.3, 0.4) is 0 Å². The first-order valence-corrected chi connectivity index (χ1v) is 4.73. The highest BCUT2D eigenvalue weighted by molar-refractivity contribution is 5.59. The Labute approximate surface area is 87.7 Å². The summed E-state index contributed by atoms with van der Waals surface area (Å²) in [7, 11) is 0. The Morgan fingerprint density at radius 2 is 2.07 bits per heavy atom. The van der Waals surface area contributed by atoms with Gasteiger partial charge in [0.2, 0.25) is 0 Å². The molecule has 0 aliphatic carbocycles. The summed E-state index contributed by atoms with van der Waals surface area (Å²) in [6.07, 6.45) is 5.00. The van der Waals surface area contributed by atoms with E-state index in [4.69, 9.17) is 0 Å². The van der Waals surface area contributed by atoms with Crippen molar-refractivity contribution >= 4 is 5.83 Å². The van der Waals surface area contributed by atoms with E-state index in [9.17, 15) is 4.39 Å². The van der Waals surface area contributed by atoms with Gasteiger partial charge in [0.15, 0.2) is 0 Å². The Hall–Kier alpha value is -1.90. The minimum Gasteiger partial charge on any atom is -0.241 e. The summed E-state index contributed by atoms with van der Waals surface area (Å²) in [6, 6.07) is 9.01. The minimum atomic E-state index is -0.206. The third-order valence-electron chi connectivity index (χ3n) is 2.17. The van der Waals surface area contributed by atoms with Crippen molar-refractivity contribution in [2.75, 3.05) is 0 Å². The summed E-state index contributed by atoms with van der Waals surface area (Å²) in [5, 5.41) is 4.09. The normalized spacial score (nSPS) is 11.7. The third kappa shape index (κ3) is 1.96. The molecule has 0 saturated carbocycles. The lowest BCUT2D eigenvalue weighted by atomic mass is 10.2. The number of hydrogen-bond acceptors (Lipinski definition) is 1. The van der Waals surface area contributed by atoms with Crippen LogP contribution in [0.15, 0.2) is 48.8 Å². The van der Waals surface area contributed by atoms with Crippen LogP contribution >= 0.6 is 0 Å². The molecule has 0 radical (unpaired) electrons. The number of benzene rings is 1. The van der Waals surface area contributed by atoms with E-state index in [-0.39, 0.29) is 5.83 Å². The standard InChI is InChI=1S/C12H11FN2/c1-2-12(13)10-4-6-11(7-5-10)15-9-3-8-14-15/h2-9H,1H3/b12-2+. The summed E-state index contributed by atoms with van der Waals surface area (Å²) < 4.78 is 14.9. The smallest absolute Gasteiger partial charge is 0.126 e. The van der Waals surface area contributed by atoms with E-state index >= 15 is 0 Å². The van der Waals surface area contributed by atoms with Gasteiger partial charge in [-0.05, 0) is 37.3 Å². The maximum absolute atomic E-state index is 13.2. The average Bonchev–Trinajstić information content (AvgIpc) is 2.82. The van der Waals surface area contributed by atoms with Gasteiger partial charge in [-0.1, -0.05) is 6.08 Å². The predicted molar refractivity (Wildman–Crippen MR) is 58.3 cm³/mol. The van der Waals surface area contributed by atoms with Crippen LogP contribution in [-0.4, -0.2) is 9.78 Å². The quantitative estimate of drug-likeness (QED) is 0.731. The molecule has 1 aromatic carbocycles. The molecule has 1 heterocycles. The molecule has 0 unspecified atom stereocenters. The molecule has 15 heavy (non-hydrogen) atoms. The second-order valence-corrected chi connectivity index (χ2v) is 3.13. The molecule has 2 rings (SSSR count). The molecule has 0 atom stereocenters. The van der Waals surface area contributed by atoms with E-state index in [1.807, 2.05) is 24.4 Å². The maximum atomic E-state index is 13.2. The summed E-state index contributed by atoms with van der Waals surface area (Å²) in [5.74, 6) is -0.206. The second kappa shape index (κ2) is 4.09. The first-order chi connectivity index (χ1) is 7.31. The van der Waals surface area contributed by atoms with Gasteiger partial charge in [-0.2, -0.15) is 5.10 Å². The molecule has 2 nitrogen and oxygen atoms in total. The number of aromatic nitrogens is 2. The van der Waals surface area contributed by atoms with E-state index in [1.165, 1.54) is 6.08 Å². The van der Waals surface area contributed by atoms with Crippen molar-refractivity contribution in [3.8, 4) is 5.69 Å². The highest BCUT2D eigenvalue weighted by Crippen LogP contribution is 2.17. The molecular formula is C12H11FN2. The number of nitrogens with zero attached hydrogens (tertiary/aromatic N) is 2. The Morgan fingerprint density at radius 3 is 2.60 bits per heavy atom. The van der Waals surface area contributed by atoms with Gasteiger partial charge in [0.1, 0.15) is 5.83 Å². The molecule has 3 heteroatoms. The van der Waals surface area contributed by atoms with E-state index in [2.05, 4.69) is 5.10 Å². The molecular weight excluding hydrogens is 191 g/mol. The fourth-order valence-corrected chi connectivity index (χ4v) is 1.36. The summed E-state index contributed by atoms with van der Waals surface area (Å²) in [4.78, 5) is 0. The zero-order chi connectivity index (χ0) is 10.7. The van der Waals surface area contributed by atoms with Crippen LogP contribution in [0, 0.1) is 0 Å². The molecule has 2 aromatic rings. The first-order valence-electron chi connectivity index (χ1n) is 4.73. The largest absolute Gasteiger partial charge is 0.241 e. The van der Waals surface area contributed by atoms with Gasteiger partial charge in [0.25, 0.3) is 0 Å². The van der Waals surface area contributed by atoms with Gasteiger partial charge in [-0.3, -0.25) is 0 Å². The average molecular weight is 202 g/mol. The molecule has 0 aliphatic heterocycles. The fraction of sp³-hybridized carbons (Fsp3) is 0.0833. The van der Waals surface area contributed by atoms with Gasteiger partial charge in [-0.25, -0.2) is 9.07 Å². The summed E-state index contributed by atoms with van der Waals surface area (Å²) >= 11 is 0. The van der Waals surface area contributed by atoms with Crippen LogP contribution in [0.2, 0.25) is 0 Å². The summed E-state index contributed by atoms with van der Waals surface area (Å²) in [5.41, 5.74) is 1.51. The Bertz CT molecular complexity index is 455. The zero-order valence-electron chi connectivity index (χ0n) is 8.39. The van der Waals surface area contributed by atoms with Crippen molar-refractivity contribution in [2.45, 2.75) is 6.92 Å². The zero-order valence-corrected chi connectivity index (χ0v) is 8.39. The Morgan fingerprint density at radius 1 is 1.33 bits per heavy atom. The number of halogens is 1. The molecule has 0 bridgehead atoms. The van der Waals surface area contributed by atoms with Crippen LogP contribution in [0.4, 0.5) is 4.39 Å². The highest BCUT2D eigenvalue weighted by atomic mass is 19.1. The third-order valence-corrected chi connectivity index (χ3v) is 2.17. The van der Waals surface area contributed by atoms with Gasteiger partial charge >= 0.3 is 0 Å². The van der Waals surface area contributed by atoms with Gasteiger partial charge in [0, 0.05) is 18.0 Å². The van der Waals surface area contributed by atoms with Crippen LogP contribution in [-0.2, 0) is 0 Å². The maximum Gasteiger partial charge on any atom is 0.126 e. The van der Waals surface area contributed by atoms with E-state index < -0.39 is 0 Å². The van der Waals surface area contributed by atoms with E-state index in [1.54, 1.807) is 29.9 Å².